The molecule has 3 rings (SSSR count). The molecule has 0 aliphatic carbocycles. The average molecular weight is 436 g/mol. The van der Waals surface area contributed by atoms with E-state index in [-0.39, 0.29) is 30.1 Å². The highest BCUT2D eigenvalue weighted by Crippen LogP contribution is 2.38. The maximum absolute atomic E-state index is 13.3. The molecule has 1 aliphatic rings. The number of fused-ring (bicyclic) bond motifs is 1. The summed E-state index contributed by atoms with van der Waals surface area (Å²) in [7, 11) is 0. The summed E-state index contributed by atoms with van der Waals surface area (Å²) >= 11 is 0. The van der Waals surface area contributed by atoms with E-state index < -0.39 is 35.2 Å². The summed E-state index contributed by atoms with van der Waals surface area (Å²) in [5, 5.41) is 15.6. The first-order valence-corrected chi connectivity index (χ1v) is 8.98. The number of pyridine rings is 1. The Morgan fingerprint density at radius 3 is 2.53 bits per heavy atom. The molecule has 1 aromatic carbocycles. The number of hydrogen-bond donors (Lipinski definition) is 3. The molecule has 1 aromatic heterocycles. The lowest BCUT2D eigenvalue weighted by Gasteiger charge is -2.19. The van der Waals surface area contributed by atoms with Crippen LogP contribution in [0.4, 0.5) is 31.1 Å². The van der Waals surface area contributed by atoms with Gasteiger partial charge in [-0.15, -0.1) is 0 Å². The lowest BCUT2D eigenvalue weighted by molar-refractivity contribution is -0.142. The molecule has 1 aliphatic heterocycles. The Labute approximate surface area is 166 Å². The maximum Gasteiger partial charge on any atom is 0.433 e. The molecule has 2 amide bonds. The first-order valence-electron chi connectivity index (χ1n) is 8.98. The van der Waals surface area contributed by atoms with Gasteiger partial charge in [0.1, 0.15) is 5.69 Å². The molecule has 6 nitrogen and oxygen atoms in total. The molecule has 1 unspecified atom stereocenters. The number of rotatable bonds is 6. The highest BCUT2D eigenvalue weighted by molar-refractivity contribution is 5.86. The van der Waals surface area contributed by atoms with Crippen LogP contribution in [0.5, 0.6) is 0 Å². The third-order valence-corrected chi connectivity index (χ3v) is 4.67. The van der Waals surface area contributed by atoms with E-state index in [1.54, 1.807) is 0 Å². The number of nitrogens with one attached hydrogen (secondary N) is 2. The molecule has 1 saturated heterocycles. The highest BCUT2D eigenvalue weighted by atomic mass is 19.4. The minimum absolute atomic E-state index is 0.217. The fraction of sp³-hybridized carbons (Fsp3) is 0.444. The van der Waals surface area contributed by atoms with Crippen LogP contribution in [0.25, 0.3) is 10.9 Å². The van der Waals surface area contributed by atoms with Gasteiger partial charge in [0.15, 0.2) is 0 Å². The molecule has 30 heavy (non-hydrogen) atoms. The predicted octanol–water partition coefficient (Wildman–Crippen LogP) is 2.92. The number of carbonyl (C=O) groups excluding carboxylic acids is 1. The topological polar surface area (TPSA) is 77.5 Å². The summed E-state index contributed by atoms with van der Waals surface area (Å²) < 4.78 is 79.5. The monoisotopic (exact) mass is 436 g/mol. The molecular weight excluding hydrogens is 418 g/mol. The van der Waals surface area contributed by atoms with Crippen molar-refractivity contribution >= 4 is 16.9 Å². The normalized spacial score (nSPS) is 16.2. The lowest BCUT2D eigenvalue weighted by atomic mass is 9.99. The number of hydrogen-bond acceptors (Lipinski definition) is 4. The summed E-state index contributed by atoms with van der Waals surface area (Å²) in [5.74, 6) is 0. The standard InChI is InChI=1S/C18H18F6N4O2/c19-17(20,21)12-3-1-2-10-11(8-14(18(22,23)24)27-15(10)12)13(29)9-25-4-6-28-7-5-26-16(28)30/h1-3,8,13,25,29H,4-7,9H2,(H,26,30). The molecule has 3 N–H and O–H groups in total. The maximum atomic E-state index is 13.3. The second-order valence-electron chi connectivity index (χ2n) is 6.73. The quantitative estimate of drug-likeness (QED) is 0.481. The van der Waals surface area contributed by atoms with E-state index in [9.17, 15) is 36.2 Å². The van der Waals surface area contributed by atoms with Crippen molar-refractivity contribution in [1.29, 1.82) is 0 Å². The van der Waals surface area contributed by atoms with Crippen LogP contribution in [0.15, 0.2) is 24.3 Å². The van der Waals surface area contributed by atoms with Gasteiger partial charge in [-0.1, -0.05) is 12.1 Å². The van der Waals surface area contributed by atoms with E-state index in [4.69, 9.17) is 0 Å². The van der Waals surface area contributed by atoms with E-state index in [2.05, 4.69) is 15.6 Å². The van der Waals surface area contributed by atoms with Crippen LogP contribution in [0.3, 0.4) is 0 Å². The number of amides is 2. The number of carbonyl (C=O) groups is 1. The molecule has 12 heteroatoms. The van der Waals surface area contributed by atoms with E-state index in [1.165, 1.54) is 11.0 Å². The van der Waals surface area contributed by atoms with Gasteiger partial charge in [-0.2, -0.15) is 26.3 Å². The molecule has 0 spiro atoms. The highest BCUT2D eigenvalue weighted by Gasteiger charge is 2.38. The van der Waals surface area contributed by atoms with Crippen molar-refractivity contribution in [2.75, 3.05) is 32.7 Å². The molecule has 164 valence electrons. The molecule has 0 radical (unpaired) electrons. The zero-order valence-corrected chi connectivity index (χ0v) is 15.4. The first-order chi connectivity index (χ1) is 14.0. The summed E-state index contributed by atoms with van der Waals surface area (Å²) in [6, 6.07) is 3.20. The summed E-state index contributed by atoms with van der Waals surface area (Å²) in [6.07, 6.45) is -11.4. The van der Waals surface area contributed by atoms with Crippen LogP contribution in [0.2, 0.25) is 0 Å². The molecule has 0 bridgehead atoms. The fourth-order valence-corrected chi connectivity index (χ4v) is 3.21. The number of halogens is 6. The Bertz CT molecular complexity index is 931. The Kier molecular flexibility index (Phi) is 6.09. The minimum atomic E-state index is -4.99. The Balaban J connectivity index is 1.86. The van der Waals surface area contributed by atoms with Gasteiger partial charge in [-0.05, 0) is 17.7 Å². The number of aliphatic hydroxyl groups is 1. The Hall–Kier alpha value is -2.60. The van der Waals surface area contributed by atoms with Gasteiger partial charge in [-0.25, -0.2) is 9.78 Å². The summed E-state index contributed by atoms with van der Waals surface area (Å²) in [5.41, 5.74) is -4.02. The zero-order chi connectivity index (χ0) is 22.1. The molecule has 2 heterocycles. The van der Waals surface area contributed by atoms with E-state index in [0.717, 1.165) is 6.07 Å². The van der Waals surface area contributed by atoms with Crippen molar-refractivity contribution in [2.24, 2.45) is 0 Å². The van der Waals surface area contributed by atoms with Crippen LogP contribution in [-0.4, -0.2) is 53.7 Å². The van der Waals surface area contributed by atoms with Gasteiger partial charge >= 0.3 is 18.4 Å². The third kappa shape index (κ3) is 4.75. The van der Waals surface area contributed by atoms with Crippen LogP contribution in [0, 0.1) is 0 Å². The van der Waals surface area contributed by atoms with Gasteiger partial charge in [-0.3, -0.25) is 0 Å². The zero-order valence-electron chi connectivity index (χ0n) is 15.4. The molecule has 0 saturated carbocycles. The molecule has 2 aromatic rings. The Morgan fingerprint density at radius 1 is 1.20 bits per heavy atom. The van der Waals surface area contributed by atoms with Crippen LogP contribution < -0.4 is 10.6 Å². The first kappa shape index (κ1) is 22.1. The van der Waals surface area contributed by atoms with Crippen LogP contribution in [-0.2, 0) is 12.4 Å². The van der Waals surface area contributed by atoms with Crippen LogP contribution in [0.1, 0.15) is 22.9 Å². The van der Waals surface area contributed by atoms with Crippen molar-refractivity contribution in [3.63, 3.8) is 0 Å². The van der Waals surface area contributed by atoms with Crippen molar-refractivity contribution in [1.82, 2.24) is 20.5 Å². The SMILES string of the molecule is O=C1NCCN1CCNCC(O)c1cc(C(F)(F)F)nc2c(C(F)(F)F)cccc12. The van der Waals surface area contributed by atoms with Crippen molar-refractivity contribution < 1.29 is 36.2 Å². The fourth-order valence-electron chi connectivity index (χ4n) is 3.21. The molecule has 1 fully saturated rings. The van der Waals surface area contributed by atoms with E-state index in [1.807, 2.05) is 0 Å². The number of alkyl halides is 6. The smallest absolute Gasteiger partial charge is 0.387 e. The van der Waals surface area contributed by atoms with Crippen LogP contribution >= 0.6 is 0 Å². The molecular formula is C18H18F6N4O2. The van der Waals surface area contributed by atoms with E-state index in [0.29, 0.717) is 31.8 Å². The number of nitrogens with zero attached hydrogens (tertiary/aromatic N) is 2. The lowest BCUT2D eigenvalue weighted by Crippen LogP contribution is -2.35. The Morgan fingerprint density at radius 2 is 1.93 bits per heavy atom. The second kappa shape index (κ2) is 8.26. The number of para-hydroxylation sites is 1. The van der Waals surface area contributed by atoms with Gasteiger partial charge in [0, 0.05) is 38.1 Å². The summed E-state index contributed by atoms with van der Waals surface area (Å²) in [6.45, 7) is 1.34. The summed E-state index contributed by atoms with van der Waals surface area (Å²) in [4.78, 5) is 16.1. The third-order valence-electron chi connectivity index (χ3n) is 4.67. The number of aromatic nitrogens is 1. The number of benzene rings is 1. The predicted molar refractivity (Wildman–Crippen MR) is 94.5 cm³/mol. The number of aliphatic hydroxyl groups excluding tert-OH is 1. The minimum Gasteiger partial charge on any atom is -0.387 e. The van der Waals surface area contributed by atoms with E-state index >= 15 is 0 Å². The van der Waals surface area contributed by atoms with Gasteiger partial charge in [0.25, 0.3) is 0 Å². The van der Waals surface area contributed by atoms with Gasteiger partial charge < -0.3 is 20.6 Å². The number of urea groups is 1. The van der Waals surface area contributed by atoms with Gasteiger partial charge in [0.05, 0.1) is 17.2 Å². The van der Waals surface area contributed by atoms with Crippen molar-refractivity contribution in [3.05, 3.63) is 41.1 Å². The average Bonchev–Trinajstić information content (AvgIpc) is 3.07. The van der Waals surface area contributed by atoms with Gasteiger partial charge in [0.2, 0.25) is 0 Å². The molecule has 1 atom stereocenters. The second-order valence-corrected chi connectivity index (χ2v) is 6.73. The van der Waals surface area contributed by atoms with Crippen molar-refractivity contribution in [3.8, 4) is 0 Å². The van der Waals surface area contributed by atoms with Crippen molar-refractivity contribution in [2.45, 2.75) is 18.5 Å². The largest absolute Gasteiger partial charge is 0.433 e.